The number of carbonyl (C=O) groups excluding carboxylic acids is 1. The molecule has 0 fully saturated rings. The summed E-state index contributed by atoms with van der Waals surface area (Å²) in [6, 6.07) is 6.78. The Balaban J connectivity index is 2.23. The molecule has 1 heterocycles. The van der Waals surface area contributed by atoms with Crippen molar-refractivity contribution in [1.82, 2.24) is 15.1 Å². The largest absolute Gasteiger partial charge is 0.497 e. The van der Waals surface area contributed by atoms with E-state index in [0.717, 1.165) is 10.2 Å². The van der Waals surface area contributed by atoms with Crippen molar-refractivity contribution in [1.29, 1.82) is 5.26 Å². The third-order valence-corrected chi connectivity index (χ3v) is 4.32. The third-order valence-electron chi connectivity index (χ3n) is 4.32. The Labute approximate surface area is 157 Å². The highest BCUT2D eigenvalue weighted by atomic mass is 16.5. The predicted molar refractivity (Wildman–Crippen MR) is 98.8 cm³/mol. The molecule has 8 nitrogen and oxygen atoms in total. The maximum atomic E-state index is 12.4. The molecule has 0 saturated heterocycles. The van der Waals surface area contributed by atoms with E-state index in [9.17, 15) is 9.59 Å². The first-order valence-corrected chi connectivity index (χ1v) is 8.32. The Morgan fingerprint density at radius 2 is 2.04 bits per heavy atom. The van der Waals surface area contributed by atoms with Gasteiger partial charge in [-0.3, -0.25) is 9.59 Å². The molecule has 8 heteroatoms. The first kappa shape index (κ1) is 20.0. The normalized spacial score (nSPS) is 11.4. The van der Waals surface area contributed by atoms with Crippen molar-refractivity contribution in [2.75, 3.05) is 14.2 Å². The lowest BCUT2D eigenvalue weighted by Gasteiger charge is -2.18. The summed E-state index contributed by atoms with van der Waals surface area (Å²) in [6.07, 6.45) is 0. The van der Waals surface area contributed by atoms with Gasteiger partial charge in [0.05, 0.1) is 26.0 Å². The van der Waals surface area contributed by atoms with Crippen LogP contribution in [0.25, 0.3) is 0 Å². The molecule has 1 atom stereocenters. The monoisotopic (exact) mass is 370 g/mol. The minimum atomic E-state index is -0.581. The van der Waals surface area contributed by atoms with Crippen molar-refractivity contribution in [3.05, 3.63) is 50.9 Å². The molecular formula is C19H22N4O4. The van der Waals surface area contributed by atoms with E-state index >= 15 is 0 Å². The Morgan fingerprint density at radius 3 is 2.63 bits per heavy atom. The number of ether oxygens (including phenoxy) is 2. The zero-order valence-corrected chi connectivity index (χ0v) is 16.0. The van der Waals surface area contributed by atoms with Crippen LogP contribution in [0.4, 0.5) is 0 Å². The van der Waals surface area contributed by atoms with Crippen molar-refractivity contribution >= 4 is 5.91 Å². The van der Waals surface area contributed by atoms with Crippen LogP contribution in [-0.4, -0.2) is 29.9 Å². The summed E-state index contributed by atoms with van der Waals surface area (Å²) in [5.41, 5.74) is 1.21. The van der Waals surface area contributed by atoms with Crippen molar-refractivity contribution in [3.63, 3.8) is 0 Å². The molecular weight excluding hydrogens is 348 g/mol. The average Bonchev–Trinajstić information content (AvgIpc) is 2.65. The van der Waals surface area contributed by atoms with Crippen LogP contribution in [0.2, 0.25) is 0 Å². The molecule has 1 aromatic carbocycles. The summed E-state index contributed by atoms with van der Waals surface area (Å²) in [5.74, 6) is 0.837. The van der Waals surface area contributed by atoms with E-state index in [-0.39, 0.29) is 18.2 Å². The number of nitrogens with zero attached hydrogens (tertiary/aromatic N) is 3. The van der Waals surface area contributed by atoms with Crippen LogP contribution in [0, 0.1) is 25.2 Å². The average molecular weight is 370 g/mol. The van der Waals surface area contributed by atoms with Crippen LogP contribution >= 0.6 is 0 Å². The first-order valence-electron chi connectivity index (χ1n) is 8.32. The van der Waals surface area contributed by atoms with Gasteiger partial charge in [0.2, 0.25) is 5.91 Å². The number of aryl methyl sites for hydroxylation is 1. The van der Waals surface area contributed by atoms with Gasteiger partial charge >= 0.3 is 0 Å². The van der Waals surface area contributed by atoms with Gasteiger partial charge in [0.15, 0.2) is 0 Å². The van der Waals surface area contributed by atoms with Crippen LogP contribution in [0.15, 0.2) is 23.0 Å². The van der Waals surface area contributed by atoms with Gasteiger partial charge in [0, 0.05) is 5.56 Å². The smallest absolute Gasteiger partial charge is 0.285 e. The molecule has 142 valence electrons. The van der Waals surface area contributed by atoms with Crippen molar-refractivity contribution < 1.29 is 14.3 Å². The summed E-state index contributed by atoms with van der Waals surface area (Å²) >= 11 is 0. The number of nitrogens with one attached hydrogen (secondary N) is 1. The van der Waals surface area contributed by atoms with Crippen molar-refractivity contribution in [2.24, 2.45) is 0 Å². The molecule has 0 aliphatic carbocycles. The second-order valence-electron chi connectivity index (χ2n) is 6.06. The van der Waals surface area contributed by atoms with Gasteiger partial charge in [0.1, 0.15) is 29.7 Å². The highest BCUT2D eigenvalue weighted by Crippen LogP contribution is 2.29. The molecule has 0 spiro atoms. The number of aromatic nitrogens is 2. The van der Waals surface area contributed by atoms with Gasteiger partial charge in [-0.2, -0.15) is 10.4 Å². The molecule has 2 rings (SSSR count). The molecule has 1 unspecified atom stereocenters. The van der Waals surface area contributed by atoms with E-state index in [1.54, 1.807) is 53.2 Å². The highest BCUT2D eigenvalue weighted by Gasteiger charge is 2.18. The van der Waals surface area contributed by atoms with Gasteiger partial charge in [0.25, 0.3) is 5.56 Å². The second kappa shape index (κ2) is 8.36. The molecule has 0 saturated carbocycles. The molecule has 1 amide bonds. The number of nitriles is 1. The molecule has 2 aromatic rings. The Kier molecular flexibility index (Phi) is 6.19. The molecule has 0 bridgehead atoms. The van der Waals surface area contributed by atoms with Crippen LogP contribution < -0.4 is 20.3 Å². The van der Waals surface area contributed by atoms with Crippen molar-refractivity contribution in [3.8, 4) is 17.6 Å². The van der Waals surface area contributed by atoms with Crippen LogP contribution in [0.3, 0.4) is 0 Å². The van der Waals surface area contributed by atoms with Gasteiger partial charge < -0.3 is 14.8 Å². The first-order chi connectivity index (χ1) is 12.8. The van der Waals surface area contributed by atoms with E-state index in [2.05, 4.69) is 10.4 Å². The number of hydrogen-bond donors (Lipinski definition) is 1. The van der Waals surface area contributed by atoms with E-state index in [4.69, 9.17) is 14.7 Å². The summed E-state index contributed by atoms with van der Waals surface area (Å²) in [7, 11) is 3.10. The standard InChI is InChI=1S/C19H22N4O4/c1-11-12(2)22-23(19(25)16(11)9-20)10-18(24)21-13(3)15-8-14(26-4)6-7-17(15)27-5/h6-8,13H,10H2,1-5H3,(H,21,24). The number of methoxy groups -OCH3 is 2. The third kappa shape index (κ3) is 4.26. The number of rotatable bonds is 6. The molecule has 1 N–H and O–H groups in total. The van der Waals surface area contributed by atoms with Crippen LogP contribution in [0.5, 0.6) is 11.5 Å². The minimum Gasteiger partial charge on any atom is -0.497 e. The fraction of sp³-hybridized carbons (Fsp3) is 0.368. The lowest BCUT2D eigenvalue weighted by Crippen LogP contribution is -2.36. The van der Waals surface area contributed by atoms with Crippen molar-refractivity contribution in [2.45, 2.75) is 33.4 Å². The fourth-order valence-electron chi connectivity index (χ4n) is 2.69. The topological polar surface area (TPSA) is 106 Å². The van der Waals surface area contributed by atoms with Gasteiger partial charge in [-0.15, -0.1) is 0 Å². The second-order valence-corrected chi connectivity index (χ2v) is 6.06. The Hall–Kier alpha value is -3.34. The number of carbonyl (C=O) groups is 1. The van der Waals surface area contributed by atoms with E-state index in [1.165, 1.54) is 0 Å². The number of hydrogen-bond acceptors (Lipinski definition) is 6. The van der Waals surface area contributed by atoms with Crippen LogP contribution in [-0.2, 0) is 11.3 Å². The summed E-state index contributed by atoms with van der Waals surface area (Å²) < 4.78 is 11.6. The molecule has 27 heavy (non-hydrogen) atoms. The maximum Gasteiger partial charge on any atom is 0.285 e. The maximum absolute atomic E-state index is 12.4. The summed E-state index contributed by atoms with van der Waals surface area (Å²) in [6.45, 7) is 4.86. The fourth-order valence-corrected chi connectivity index (χ4v) is 2.69. The Bertz CT molecular complexity index is 959. The molecule has 0 aliphatic rings. The van der Waals surface area contributed by atoms with Gasteiger partial charge in [-0.25, -0.2) is 4.68 Å². The summed E-state index contributed by atoms with van der Waals surface area (Å²) in [5, 5.41) is 16.1. The lowest BCUT2D eigenvalue weighted by atomic mass is 10.1. The number of benzene rings is 1. The highest BCUT2D eigenvalue weighted by molar-refractivity contribution is 5.76. The van der Waals surface area contributed by atoms with Crippen LogP contribution in [0.1, 0.15) is 35.3 Å². The zero-order valence-electron chi connectivity index (χ0n) is 16.0. The summed E-state index contributed by atoms with van der Waals surface area (Å²) in [4.78, 5) is 24.7. The predicted octanol–water partition coefficient (Wildman–Crippen LogP) is 1.63. The quantitative estimate of drug-likeness (QED) is 0.828. The minimum absolute atomic E-state index is 0.00202. The van der Waals surface area contributed by atoms with E-state index in [1.807, 2.05) is 6.07 Å². The molecule has 1 aromatic heterocycles. The number of amides is 1. The van der Waals surface area contributed by atoms with E-state index < -0.39 is 11.5 Å². The Morgan fingerprint density at radius 1 is 1.33 bits per heavy atom. The van der Waals surface area contributed by atoms with Gasteiger partial charge in [-0.05, 0) is 44.5 Å². The molecule has 0 aliphatic heterocycles. The lowest BCUT2D eigenvalue weighted by molar-refractivity contribution is -0.122. The SMILES string of the molecule is COc1ccc(OC)c(C(C)NC(=O)Cn2nc(C)c(C)c(C#N)c2=O)c1. The molecule has 0 radical (unpaired) electrons. The zero-order chi connectivity index (χ0) is 20.1. The van der Waals surface area contributed by atoms with E-state index in [0.29, 0.717) is 22.8 Å². The van der Waals surface area contributed by atoms with Gasteiger partial charge in [-0.1, -0.05) is 0 Å².